The van der Waals surface area contributed by atoms with Crippen molar-refractivity contribution in [3.63, 3.8) is 0 Å². The Bertz CT molecular complexity index is 404. The van der Waals surface area contributed by atoms with Crippen molar-refractivity contribution in [2.24, 2.45) is 5.14 Å². The summed E-state index contributed by atoms with van der Waals surface area (Å²) in [5.74, 6) is 0. The van der Waals surface area contributed by atoms with E-state index in [1.165, 1.54) is 12.3 Å². The normalized spacial score (nSPS) is 11.6. The highest BCUT2D eigenvalue weighted by molar-refractivity contribution is 9.13. The monoisotopic (exact) mass is 314 g/mol. The van der Waals surface area contributed by atoms with Crippen LogP contribution in [0.25, 0.3) is 0 Å². The molecule has 1 rings (SSSR count). The minimum atomic E-state index is -3.66. The highest BCUT2D eigenvalue weighted by Crippen LogP contribution is 2.22. The molecule has 0 aliphatic carbocycles. The van der Waals surface area contributed by atoms with Crippen LogP contribution in [0.3, 0.4) is 0 Å². The molecule has 7 heteroatoms. The Kier molecular flexibility index (Phi) is 2.87. The number of hydrogen-bond acceptors (Lipinski definition) is 3. The molecule has 0 unspecified atom stereocenters. The van der Waals surface area contributed by atoms with Gasteiger partial charge in [-0.3, -0.25) is 0 Å². The van der Waals surface area contributed by atoms with E-state index in [4.69, 9.17) is 5.14 Å². The average Bonchev–Trinajstić information content (AvgIpc) is 1.92. The molecule has 4 nitrogen and oxygen atoms in total. The predicted molar refractivity (Wildman–Crippen MR) is 51.0 cm³/mol. The summed E-state index contributed by atoms with van der Waals surface area (Å²) < 4.78 is 22.7. The topological polar surface area (TPSA) is 73.1 Å². The van der Waals surface area contributed by atoms with Crippen LogP contribution in [-0.2, 0) is 10.0 Å². The second-order valence-corrected chi connectivity index (χ2v) is 5.16. The first-order valence-electron chi connectivity index (χ1n) is 2.75. The van der Waals surface area contributed by atoms with Gasteiger partial charge in [0.05, 0.1) is 4.47 Å². The molecule has 1 heterocycles. The molecule has 12 heavy (non-hydrogen) atoms. The van der Waals surface area contributed by atoms with Gasteiger partial charge in [0.25, 0.3) is 0 Å². The Balaban J connectivity index is 3.33. The SMILES string of the molecule is NS(=O)(=O)c1cnc(Br)c(Br)c1. The highest BCUT2D eigenvalue weighted by atomic mass is 79.9. The molecule has 0 spiro atoms. The summed E-state index contributed by atoms with van der Waals surface area (Å²) in [5, 5.41) is 4.87. The van der Waals surface area contributed by atoms with Crippen LogP contribution in [0.2, 0.25) is 0 Å². The minimum absolute atomic E-state index is 0.0161. The molecule has 66 valence electrons. The number of rotatable bonds is 1. The summed E-state index contributed by atoms with van der Waals surface area (Å²) in [6, 6.07) is 1.38. The molecule has 0 aromatic carbocycles. The van der Waals surface area contributed by atoms with Crippen molar-refractivity contribution >= 4 is 41.9 Å². The summed E-state index contributed by atoms with van der Waals surface area (Å²) in [7, 11) is -3.66. The van der Waals surface area contributed by atoms with E-state index in [-0.39, 0.29) is 4.90 Å². The lowest BCUT2D eigenvalue weighted by Crippen LogP contribution is -2.12. The average molecular weight is 316 g/mol. The van der Waals surface area contributed by atoms with Crippen molar-refractivity contribution in [2.45, 2.75) is 4.90 Å². The van der Waals surface area contributed by atoms with Crippen molar-refractivity contribution < 1.29 is 8.42 Å². The lowest BCUT2D eigenvalue weighted by molar-refractivity contribution is 0.597. The highest BCUT2D eigenvalue weighted by Gasteiger charge is 2.09. The van der Waals surface area contributed by atoms with Crippen molar-refractivity contribution in [3.05, 3.63) is 21.3 Å². The minimum Gasteiger partial charge on any atom is -0.247 e. The van der Waals surface area contributed by atoms with Crippen LogP contribution < -0.4 is 5.14 Å². The third-order valence-corrected chi connectivity index (χ3v) is 3.75. The van der Waals surface area contributed by atoms with E-state index in [9.17, 15) is 8.42 Å². The van der Waals surface area contributed by atoms with Crippen LogP contribution in [0.5, 0.6) is 0 Å². The van der Waals surface area contributed by atoms with E-state index < -0.39 is 10.0 Å². The first-order valence-corrected chi connectivity index (χ1v) is 5.88. The summed E-state index contributed by atoms with van der Waals surface area (Å²) >= 11 is 6.21. The van der Waals surface area contributed by atoms with Crippen molar-refractivity contribution in [1.82, 2.24) is 4.98 Å². The fourth-order valence-corrected chi connectivity index (χ4v) is 1.76. The first kappa shape index (κ1) is 10.1. The maximum Gasteiger partial charge on any atom is 0.239 e. The smallest absolute Gasteiger partial charge is 0.239 e. The van der Waals surface area contributed by atoms with Gasteiger partial charge < -0.3 is 0 Å². The van der Waals surface area contributed by atoms with Gasteiger partial charge in [0.2, 0.25) is 10.0 Å². The predicted octanol–water partition coefficient (Wildman–Crippen LogP) is 1.25. The zero-order valence-corrected chi connectivity index (χ0v) is 9.65. The number of aromatic nitrogens is 1. The number of nitrogens with two attached hydrogens (primary N) is 1. The molecule has 0 fully saturated rings. The lowest BCUT2D eigenvalue weighted by atomic mass is 10.5. The zero-order valence-electron chi connectivity index (χ0n) is 5.66. The number of hydrogen-bond donors (Lipinski definition) is 1. The molecule has 0 saturated carbocycles. The quantitative estimate of drug-likeness (QED) is 0.793. The van der Waals surface area contributed by atoms with E-state index in [1.54, 1.807) is 0 Å². The van der Waals surface area contributed by atoms with Gasteiger partial charge >= 0.3 is 0 Å². The molecule has 0 amide bonds. The molecule has 0 bridgehead atoms. The summed E-state index contributed by atoms with van der Waals surface area (Å²) in [5.41, 5.74) is 0. The maximum absolute atomic E-state index is 10.8. The molecule has 2 N–H and O–H groups in total. The van der Waals surface area contributed by atoms with Crippen molar-refractivity contribution in [1.29, 1.82) is 0 Å². The van der Waals surface area contributed by atoms with Crippen LogP contribution in [0.1, 0.15) is 0 Å². The number of nitrogens with zero attached hydrogens (tertiary/aromatic N) is 1. The molecule has 0 aliphatic rings. The van der Waals surface area contributed by atoms with Gasteiger partial charge in [-0.15, -0.1) is 0 Å². The Morgan fingerprint density at radius 1 is 1.42 bits per heavy atom. The van der Waals surface area contributed by atoms with Gasteiger partial charge in [-0.2, -0.15) is 0 Å². The Morgan fingerprint density at radius 3 is 2.42 bits per heavy atom. The molecular formula is C5H4Br2N2O2S. The largest absolute Gasteiger partial charge is 0.247 e. The third kappa shape index (κ3) is 2.25. The van der Waals surface area contributed by atoms with Crippen LogP contribution in [0.4, 0.5) is 0 Å². The standard InChI is InChI=1S/C5H4Br2N2O2S/c6-4-1-3(12(8,10)11)2-9-5(4)7/h1-2H,(H2,8,10,11). The summed E-state index contributed by atoms with van der Waals surface area (Å²) in [6.45, 7) is 0. The van der Waals surface area contributed by atoms with Gasteiger partial charge in [-0.25, -0.2) is 18.5 Å². The van der Waals surface area contributed by atoms with E-state index >= 15 is 0 Å². The molecule has 0 aliphatic heterocycles. The Labute approximate surface area is 86.5 Å². The van der Waals surface area contributed by atoms with Gasteiger partial charge in [0, 0.05) is 6.20 Å². The van der Waals surface area contributed by atoms with E-state index in [1.807, 2.05) is 0 Å². The number of sulfonamides is 1. The Hall–Kier alpha value is 0.0200. The molecule has 1 aromatic rings. The maximum atomic E-state index is 10.8. The van der Waals surface area contributed by atoms with Gasteiger partial charge in [-0.05, 0) is 37.9 Å². The van der Waals surface area contributed by atoms with Crippen LogP contribution >= 0.6 is 31.9 Å². The van der Waals surface area contributed by atoms with E-state index in [0.717, 1.165) is 0 Å². The van der Waals surface area contributed by atoms with Crippen molar-refractivity contribution in [2.75, 3.05) is 0 Å². The fourth-order valence-electron chi connectivity index (χ4n) is 0.559. The van der Waals surface area contributed by atoms with Crippen molar-refractivity contribution in [3.8, 4) is 0 Å². The van der Waals surface area contributed by atoms with Gasteiger partial charge in [0.1, 0.15) is 9.50 Å². The second kappa shape index (κ2) is 3.41. The fraction of sp³-hybridized carbons (Fsp3) is 0. The number of pyridine rings is 1. The zero-order chi connectivity index (χ0) is 9.35. The number of halogens is 2. The number of primary sulfonamides is 1. The lowest BCUT2D eigenvalue weighted by Gasteiger charge is -1.98. The molecule has 0 radical (unpaired) electrons. The first-order chi connectivity index (χ1) is 5.41. The van der Waals surface area contributed by atoms with E-state index in [0.29, 0.717) is 9.08 Å². The van der Waals surface area contributed by atoms with Crippen LogP contribution in [-0.4, -0.2) is 13.4 Å². The Morgan fingerprint density at radius 2 is 2.00 bits per heavy atom. The van der Waals surface area contributed by atoms with E-state index in [2.05, 4.69) is 36.8 Å². The molecule has 0 saturated heterocycles. The summed E-state index contributed by atoms with van der Waals surface area (Å²) in [6.07, 6.45) is 1.18. The third-order valence-electron chi connectivity index (χ3n) is 1.10. The van der Waals surface area contributed by atoms with Gasteiger partial charge in [-0.1, -0.05) is 0 Å². The molecular weight excluding hydrogens is 312 g/mol. The summed E-state index contributed by atoms with van der Waals surface area (Å²) in [4.78, 5) is 3.74. The second-order valence-electron chi connectivity index (χ2n) is 1.99. The molecule has 1 aromatic heterocycles. The van der Waals surface area contributed by atoms with Crippen LogP contribution in [0.15, 0.2) is 26.2 Å². The van der Waals surface area contributed by atoms with Crippen LogP contribution in [0, 0.1) is 0 Å². The molecule has 0 atom stereocenters. The van der Waals surface area contributed by atoms with Gasteiger partial charge in [0.15, 0.2) is 0 Å².